The van der Waals surface area contributed by atoms with E-state index in [1.807, 2.05) is 0 Å². The van der Waals surface area contributed by atoms with E-state index in [2.05, 4.69) is 9.97 Å². The molecule has 3 rings (SSSR count). The zero-order valence-corrected chi connectivity index (χ0v) is 15.7. The Kier molecular flexibility index (Phi) is 5.73. The van der Waals surface area contributed by atoms with Crippen molar-refractivity contribution in [3.63, 3.8) is 0 Å². The van der Waals surface area contributed by atoms with Crippen molar-refractivity contribution >= 4 is 28.0 Å². The fraction of sp³-hybridized carbons (Fsp3) is 0.235. The molecule has 3 aromatic rings. The third kappa shape index (κ3) is 4.83. The van der Waals surface area contributed by atoms with E-state index >= 15 is 0 Å². The number of carbonyl (C=O) groups is 1. The lowest BCUT2D eigenvalue weighted by Crippen LogP contribution is -2.21. The van der Waals surface area contributed by atoms with E-state index in [1.54, 1.807) is 24.3 Å². The standard InChI is InChI=1S/C17H14F3N3O5S/c1-10-12(21-7-6-14(10)27-9-17(18,19)20)8-29(26)15-22-11-4-2-3-5-13(11)23(15)28-16(24)25/h2-7H,8-9H2,1H3,(H,24,25). The van der Waals surface area contributed by atoms with E-state index in [0.717, 1.165) is 4.73 Å². The van der Waals surface area contributed by atoms with Crippen LogP contribution in [-0.2, 0) is 16.6 Å². The van der Waals surface area contributed by atoms with Crippen molar-refractivity contribution < 1.29 is 36.9 Å². The van der Waals surface area contributed by atoms with Crippen molar-refractivity contribution in [1.29, 1.82) is 0 Å². The molecule has 0 bridgehead atoms. The zero-order valence-electron chi connectivity index (χ0n) is 14.8. The van der Waals surface area contributed by atoms with Crippen molar-refractivity contribution in [3.05, 3.63) is 47.8 Å². The van der Waals surface area contributed by atoms with Gasteiger partial charge in [0.25, 0.3) is 0 Å². The Balaban J connectivity index is 1.90. The van der Waals surface area contributed by atoms with Crippen molar-refractivity contribution in [1.82, 2.24) is 14.7 Å². The number of carboxylic acid groups (broad SMARTS) is 1. The van der Waals surface area contributed by atoms with E-state index in [9.17, 15) is 22.2 Å². The smallest absolute Gasteiger partial charge is 0.484 e. The van der Waals surface area contributed by atoms with E-state index in [4.69, 9.17) is 14.7 Å². The summed E-state index contributed by atoms with van der Waals surface area (Å²) < 4.78 is 55.6. The molecule has 1 aromatic carbocycles. The first-order valence-electron chi connectivity index (χ1n) is 8.07. The van der Waals surface area contributed by atoms with Gasteiger partial charge in [0.15, 0.2) is 6.61 Å². The van der Waals surface area contributed by atoms with Gasteiger partial charge < -0.3 is 9.84 Å². The van der Waals surface area contributed by atoms with Gasteiger partial charge in [-0.3, -0.25) is 14.0 Å². The number of hydrogen-bond acceptors (Lipinski definition) is 6. The lowest BCUT2D eigenvalue weighted by atomic mass is 10.2. The number of aromatic nitrogens is 3. The van der Waals surface area contributed by atoms with Crippen LogP contribution >= 0.6 is 0 Å². The number of rotatable bonds is 6. The Hall–Kier alpha value is -3.15. The Morgan fingerprint density at radius 1 is 1.28 bits per heavy atom. The highest BCUT2D eigenvalue weighted by molar-refractivity contribution is 7.84. The second kappa shape index (κ2) is 8.07. The summed E-state index contributed by atoms with van der Waals surface area (Å²) in [6.45, 7) is 0.0184. The summed E-state index contributed by atoms with van der Waals surface area (Å²) in [6.07, 6.45) is -4.89. The maximum atomic E-state index is 12.9. The molecule has 1 unspecified atom stereocenters. The molecule has 1 N–H and O–H groups in total. The van der Waals surface area contributed by atoms with Crippen LogP contribution in [0.25, 0.3) is 11.0 Å². The first-order valence-corrected chi connectivity index (χ1v) is 9.39. The molecule has 154 valence electrons. The highest BCUT2D eigenvalue weighted by Gasteiger charge is 2.29. The average molecular weight is 429 g/mol. The normalized spacial score (nSPS) is 12.7. The third-order valence-electron chi connectivity index (χ3n) is 3.78. The molecule has 0 saturated carbocycles. The Morgan fingerprint density at radius 2 is 2.00 bits per heavy atom. The van der Waals surface area contributed by atoms with Gasteiger partial charge >= 0.3 is 12.3 Å². The van der Waals surface area contributed by atoms with Gasteiger partial charge in [0, 0.05) is 11.8 Å². The van der Waals surface area contributed by atoms with E-state index < -0.39 is 29.7 Å². The van der Waals surface area contributed by atoms with Gasteiger partial charge in [-0.25, -0.2) is 9.78 Å². The summed E-state index contributed by atoms with van der Waals surface area (Å²) in [4.78, 5) is 23.9. The summed E-state index contributed by atoms with van der Waals surface area (Å²) in [5.74, 6) is -0.277. The van der Waals surface area contributed by atoms with Gasteiger partial charge in [0.1, 0.15) is 11.3 Å². The number of pyridine rings is 1. The lowest BCUT2D eigenvalue weighted by molar-refractivity contribution is -0.153. The first-order chi connectivity index (χ1) is 13.7. The summed E-state index contributed by atoms with van der Waals surface area (Å²) in [7, 11) is -1.91. The lowest BCUT2D eigenvalue weighted by Gasteiger charge is -2.13. The Morgan fingerprint density at radius 3 is 2.69 bits per heavy atom. The molecule has 0 spiro atoms. The van der Waals surface area contributed by atoms with Crippen LogP contribution in [0.4, 0.5) is 18.0 Å². The minimum absolute atomic E-state index is 0.0420. The molecule has 0 aliphatic carbocycles. The number of halogens is 3. The molecule has 2 aromatic heterocycles. The summed E-state index contributed by atoms with van der Waals surface area (Å²) >= 11 is 0. The molecule has 0 saturated heterocycles. The SMILES string of the molecule is Cc1c(OCC(F)(F)F)ccnc1CS(=O)c1nc2ccccc2n1OC(=O)O. The number of nitrogens with zero attached hydrogens (tertiary/aromatic N) is 3. The highest BCUT2D eigenvalue weighted by atomic mass is 32.2. The minimum atomic E-state index is -4.50. The number of fused-ring (bicyclic) bond motifs is 1. The maximum absolute atomic E-state index is 12.9. The highest BCUT2D eigenvalue weighted by Crippen LogP contribution is 2.25. The fourth-order valence-electron chi connectivity index (χ4n) is 2.50. The monoisotopic (exact) mass is 429 g/mol. The third-order valence-corrected chi connectivity index (χ3v) is 4.98. The van der Waals surface area contributed by atoms with E-state index in [-0.39, 0.29) is 27.9 Å². The van der Waals surface area contributed by atoms with Crippen LogP contribution < -0.4 is 9.57 Å². The molecular weight excluding hydrogens is 415 g/mol. The fourth-order valence-corrected chi connectivity index (χ4v) is 3.69. The largest absolute Gasteiger partial charge is 0.531 e. The molecular formula is C17H14F3N3O5S. The molecule has 29 heavy (non-hydrogen) atoms. The molecule has 2 heterocycles. The van der Waals surface area contributed by atoms with Crippen molar-refractivity contribution in [2.75, 3.05) is 6.61 Å². The Labute approximate surface area is 164 Å². The number of benzene rings is 1. The molecule has 8 nitrogen and oxygen atoms in total. The Bertz CT molecular complexity index is 1080. The van der Waals surface area contributed by atoms with Crippen LogP contribution in [0.3, 0.4) is 0 Å². The van der Waals surface area contributed by atoms with Crippen LogP contribution in [0.1, 0.15) is 11.3 Å². The van der Waals surface area contributed by atoms with Crippen molar-refractivity contribution in [2.45, 2.75) is 24.0 Å². The van der Waals surface area contributed by atoms with E-state index in [1.165, 1.54) is 19.2 Å². The van der Waals surface area contributed by atoms with Crippen molar-refractivity contribution in [3.8, 4) is 5.75 Å². The van der Waals surface area contributed by atoms with Gasteiger partial charge in [-0.1, -0.05) is 12.1 Å². The number of imidazole rings is 1. The quantitative estimate of drug-likeness (QED) is 0.642. The predicted molar refractivity (Wildman–Crippen MR) is 95.0 cm³/mol. The van der Waals surface area contributed by atoms with Crippen LogP contribution in [0.15, 0.2) is 41.7 Å². The van der Waals surface area contributed by atoms with Crippen molar-refractivity contribution in [2.24, 2.45) is 0 Å². The topological polar surface area (TPSA) is 104 Å². The van der Waals surface area contributed by atoms with Crippen LogP contribution in [0.5, 0.6) is 5.75 Å². The summed E-state index contributed by atoms with van der Waals surface area (Å²) in [5, 5.41) is 8.79. The minimum Gasteiger partial charge on any atom is -0.484 e. The summed E-state index contributed by atoms with van der Waals surface area (Å²) in [5.41, 5.74) is 1.16. The number of hydrogen-bond donors (Lipinski definition) is 1. The molecule has 0 radical (unpaired) electrons. The van der Waals surface area contributed by atoms with Gasteiger partial charge in [-0.05, 0) is 25.1 Å². The second-order valence-electron chi connectivity index (χ2n) is 5.81. The molecule has 0 aliphatic heterocycles. The van der Waals surface area contributed by atoms with Crippen LogP contribution in [0, 0.1) is 6.92 Å². The molecule has 0 fully saturated rings. The van der Waals surface area contributed by atoms with Gasteiger partial charge in [-0.2, -0.15) is 13.2 Å². The average Bonchev–Trinajstić information content (AvgIpc) is 3.00. The first kappa shape index (κ1) is 20.6. The van der Waals surface area contributed by atoms with Crippen LogP contribution in [-0.4, -0.2) is 43.0 Å². The molecule has 0 aliphatic rings. The molecule has 0 amide bonds. The summed E-state index contributed by atoms with van der Waals surface area (Å²) in [6, 6.07) is 7.70. The maximum Gasteiger partial charge on any atom is 0.531 e. The molecule has 1 atom stereocenters. The van der Waals surface area contributed by atoms with Crippen LogP contribution in [0.2, 0.25) is 0 Å². The van der Waals surface area contributed by atoms with Gasteiger partial charge in [0.2, 0.25) is 5.16 Å². The number of para-hydroxylation sites is 2. The van der Waals surface area contributed by atoms with Gasteiger partial charge in [-0.15, -0.1) is 4.73 Å². The number of ether oxygens (including phenoxy) is 1. The molecule has 12 heteroatoms. The van der Waals surface area contributed by atoms with Gasteiger partial charge in [0.05, 0.1) is 27.8 Å². The van der Waals surface area contributed by atoms with E-state index in [0.29, 0.717) is 11.0 Å². The second-order valence-corrected chi connectivity index (χ2v) is 7.15. The number of alkyl halides is 3. The predicted octanol–water partition coefficient (Wildman–Crippen LogP) is 3.10. The zero-order chi connectivity index (χ0) is 21.2.